The molecule has 4 N–H and O–H groups in total. The van der Waals surface area contributed by atoms with Crippen molar-refractivity contribution >= 4 is 66.3 Å². The van der Waals surface area contributed by atoms with Crippen LogP contribution in [0.25, 0.3) is 22.5 Å². The molecule has 0 saturated carbocycles. The number of fused-ring (bicyclic) bond motifs is 2. The fourth-order valence-electron chi connectivity index (χ4n) is 10.7. The van der Waals surface area contributed by atoms with Gasteiger partial charge < -0.3 is 31.1 Å². The number of hydrogen-bond acceptors (Lipinski definition) is 14. The first-order chi connectivity index (χ1) is 33.4. The molecular weight excluding hydrogens is 973 g/mol. The van der Waals surface area contributed by atoms with E-state index in [9.17, 15) is 36.0 Å². The zero-order chi connectivity index (χ0) is 50.1. The third-order valence-electron chi connectivity index (χ3n) is 14.5. The van der Waals surface area contributed by atoms with Gasteiger partial charge in [-0.25, -0.2) is 26.8 Å². The van der Waals surface area contributed by atoms with Gasteiger partial charge in [-0.2, -0.15) is 8.61 Å². The topological polar surface area (TPSA) is 223 Å². The zero-order valence-electron chi connectivity index (χ0n) is 40.4. The average Bonchev–Trinajstić information content (AvgIpc) is 4.21. The Morgan fingerprint density at radius 2 is 1.00 bits per heavy atom. The van der Waals surface area contributed by atoms with Crippen LogP contribution in [-0.2, 0) is 39.2 Å². The second-order valence-electron chi connectivity index (χ2n) is 18.9. The number of amides is 4. The van der Waals surface area contributed by atoms with E-state index >= 15 is 0 Å². The van der Waals surface area contributed by atoms with Crippen LogP contribution in [0.15, 0.2) is 71.4 Å². The Balaban J connectivity index is 1.02. The normalized spacial score (nSPS) is 24.5. The van der Waals surface area contributed by atoms with E-state index in [0.717, 1.165) is 32.5 Å². The summed E-state index contributed by atoms with van der Waals surface area (Å²) in [6, 6.07) is 14.3. The highest BCUT2D eigenvalue weighted by atomic mass is 32.2. The molecule has 0 radical (unpaired) electrons. The molecular formula is C48H64N10O8S4. The highest BCUT2D eigenvalue weighted by Crippen LogP contribution is 2.45. The molecule has 0 aliphatic carbocycles. The molecule has 378 valence electrons. The predicted molar refractivity (Wildman–Crippen MR) is 271 cm³/mol. The molecule has 10 atom stereocenters. The number of likely N-dealkylation sites (tertiary alicyclic amines) is 2. The number of nitrogens with one attached hydrogen (secondary N) is 4. The summed E-state index contributed by atoms with van der Waals surface area (Å²) >= 11 is 2.88. The summed E-state index contributed by atoms with van der Waals surface area (Å²) in [6.45, 7) is 4.31. The Morgan fingerprint density at radius 1 is 0.629 bits per heavy atom. The van der Waals surface area contributed by atoms with Crippen molar-refractivity contribution in [3.8, 4) is 22.5 Å². The molecule has 4 aliphatic heterocycles. The lowest BCUT2D eigenvalue weighted by Crippen LogP contribution is -2.55. The molecule has 10 unspecified atom stereocenters. The van der Waals surface area contributed by atoms with Crippen LogP contribution >= 0.6 is 22.7 Å². The van der Waals surface area contributed by atoms with E-state index in [1.54, 1.807) is 37.7 Å². The Bertz CT molecular complexity index is 2560. The van der Waals surface area contributed by atoms with Gasteiger partial charge in [0, 0.05) is 72.0 Å². The van der Waals surface area contributed by atoms with E-state index in [1.807, 2.05) is 71.4 Å². The monoisotopic (exact) mass is 1040 g/mol. The molecule has 4 aromatic rings. The van der Waals surface area contributed by atoms with Gasteiger partial charge >= 0.3 is 0 Å². The molecule has 4 amide bonds. The van der Waals surface area contributed by atoms with E-state index < -0.39 is 80.2 Å². The van der Waals surface area contributed by atoms with Crippen LogP contribution in [0.5, 0.6) is 0 Å². The molecule has 8 rings (SSSR count). The zero-order valence-corrected chi connectivity index (χ0v) is 43.6. The van der Waals surface area contributed by atoms with Crippen molar-refractivity contribution < 1.29 is 36.0 Å². The van der Waals surface area contributed by atoms with Crippen molar-refractivity contribution in [2.24, 2.45) is 0 Å². The van der Waals surface area contributed by atoms with Crippen LogP contribution in [0.2, 0.25) is 0 Å². The quantitative estimate of drug-likeness (QED) is 0.0996. The number of unbranched alkanes of at least 4 members (excludes halogenated alkanes) is 1. The molecule has 2 aromatic heterocycles. The lowest BCUT2D eigenvalue weighted by molar-refractivity contribution is -0.138. The minimum Gasteiger partial charge on any atom is -0.343 e. The summed E-state index contributed by atoms with van der Waals surface area (Å²) in [7, 11) is -3.98. The van der Waals surface area contributed by atoms with Gasteiger partial charge in [0.1, 0.15) is 12.1 Å². The molecule has 4 fully saturated rings. The van der Waals surface area contributed by atoms with E-state index in [0.29, 0.717) is 25.7 Å². The second kappa shape index (κ2) is 21.6. The minimum absolute atomic E-state index is 0.172. The minimum atomic E-state index is -3.64. The Morgan fingerprint density at radius 3 is 1.34 bits per heavy atom. The fraction of sp³-hybridized carbons (Fsp3) is 0.542. The third-order valence-corrected chi connectivity index (χ3v) is 19.0. The molecule has 0 bridgehead atoms. The van der Waals surface area contributed by atoms with Crippen LogP contribution in [0, 0.1) is 0 Å². The van der Waals surface area contributed by atoms with Gasteiger partial charge in [-0.15, -0.1) is 22.7 Å². The summed E-state index contributed by atoms with van der Waals surface area (Å²) < 4.78 is 55.9. The smallest absolute Gasteiger partial charge is 0.245 e. The lowest BCUT2D eigenvalue weighted by Gasteiger charge is -2.32. The van der Waals surface area contributed by atoms with Gasteiger partial charge in [0.05, 0.1) is 58.1 Å². The molecule has 18 nitrogen and oxygen atoms in total. The lowest BCUT2D eigenvalue weighted by atomic mass is 9.97. The van der Waals surface area contributed by atoms with Crippen molar-refractivity contribution in [2.45, 2.75) is 113 Å². The van der Waals surface area contributed by atoms with Crippen LogP contribution in [0.3, 0.4) is 0 Å². The molecule has 6 heterocycles. The second-order valence-corrected chi connectivity index (χ2v) is 24.6. The van der Waals surface area contributed by atoms with Crippen LogP contribution < -0.4 is 21.3 Å². The third kappa shape index (κ3) is 10.9. The first-order valence-corrected chi connectivity index (χ1v) is 29.4. The summed E-state index contributed by atoms with van der Waals surface area (Å²) in [4.78, 5) is 70.3. The van der Waals surface area contributed by atoms with Crippen molar-refractivity contribution in [2.75, 3.05) is 52.8 Å². The number of carbonyl (C=O) groups excluding carboxylic acids is 4. The highest BCUT2D eigenvalue weighted by molar-refractivity contribution is 7.88. The number of nitrogens with zero attached hydrogens (tertiary/aromatic N) is 6. The van der Waals surface area contributed by atoms with Gasteiger partial charge in [-0.05, 0) is 53.6 Å². The number of sulfonamides is 2. The van der Waals surface area contributed by atoms with Crippen molar-refractivity contribution in [3.63, 3.8) is 0 Å². The average molecular weight is 1040 g/mol. The van der Waals surface area contributed by atoms with Crippen LogP contribution in [-0.4, -0.2) is 170 Å². The Hall–Kier alpha value is -4.68. The maximum absolute atomic E-state index is 14.9. The molecule has 0 spiro atoms. The highest BCUT2D eigenvalue weighted by Gasteiger charge is 2.56. The number of benzene rings is 2. The van der Waals surface area contributed by atoms with Gasteiger partial charge in [0.25, 0.3) is 0 Å². The number of rotatable bonds is 19. The maximum Gasteiger partial charge on any atom is 0.245 e. The van der Waals surface area contributed by atoms with Gasteiger partial charge in [-0.3, -0.25) is 19.2 Å². The SMILES string of the molecule is CNC(C)C(=O)NC(CCCCC(NC(=O)C(C)NC)C(=O)N1CCC2C1C(c1nc(-c3ccccc3)cs1)CN2S(C)(=O)=O)C(=O)N1CCC2C1C(c1nc(-c3ccccc3)cs1)CN2S(C)(=O)=O. The first kappa shape index (κ1) is 51.7. The van der Waals surface area contributed by atoms with Gasteiger partial charge in [0.15, 0.2) is 0 Å². The molecule has 22 heteroatoms. The first-order valence-electron chi connectivity index (χ1n) is 23.9. The molecule has 4 saturated heterocycles. The molecule has 70 heavy (non-hydrogen) atoms. The standard InChI is InChI=1S/C48H64N10O8S4/c1-29(49-3)43(59)51-35(47(61)55-23-21-39-41(55)33(25-57(39)69(5,63)64)45-53-37(27-67-45)31-15-9-7-10-16-31)19-13-14-20-36(52-44(60)30(2)50-4)48(62)56-24-22-40-42(56)34(26-58(40)70(6,65)66)46-54-38(28-68-46)32-17-11-8-12-18-32/h7-12,15-18,27-30,33-36,39-42,49-50H,13-14,19-26H2,1-6H3,(H,51,59)(H,52,60). The van der Waals surface area contributed by atoms with Crippen molar-refractivity contribution in [3.05, 3.63) is 81.4 Å². The summed E-state index contributed by atoms with van der Waals surface area (Å²) in [5.41, 5.74) is 3.40. The number of hydrogen-bond donors (Lipinski definition) is 4. The Kier molecular flexibility index (Phi) is 15.9. The Labute approximate surface area is 419 Å². The predicted octanol–water partition coefficient (Wildman–Crippen LogP) is 3.04. The van der Waals surface area contributed by atoms with Crippen molar-refractivity contribution in [1.82, 2.24) is 49.6 Å². The summed E-state index contributed by atoms with van der Waals surface area (Å²) in [6.07, 6.45) is 4.43. The van der Waals surface area contributed by atoms with Crippen molar-refractivity contribution in [1.29, 1.82) is 0 Å². The number of aromatic nitrogens is 2. The van der Waals surface area contributed by atoms with Gasteiger partial charge in [-0.1, -0.05) is 73.5 Å². The van der Waals surface area contributed by atoms with E-state index in [1.165, 1.54) is 43.8 Å². The number of carbonyl (C=O) groups is 4. The van der Waals surface area contributed by atoms with E-state index in [2.05, 4.69) is 21.3 Å². The van der Waals surface area contributed by atoms with Crippen LogP contribution in [0.1, 0.15) is 74.2 Å². The van der Waals surface area contributed by atoms with E-state index in [-0.39, 0.29) is 62.6 Å². The number of thiazole rings is 2. The largest absolute Gasteiger partial charge is 0.343 e. The summed E-state index contributed by atoms with van der Waals surface area (Å²) in [5, 5.41) is 17.2. The summed E-state index contributed by atoms with van der Waals surface area (Å²) in [5.74, 6) is -2.19. The fourth-order valence-corrected chi connectivity index (χ4v) is 14.9. The molecule has 2 aromatic carbocycles. The van der Waals surface area contributed by atoms with E-state index in [4.69, 9.17) is 9.97 Å². The molecule has 4 aliphatic rings. The number of likely N-dealkylation sites (N-methyl/N-ethyl adjacent to an activating group) is 2. The van der Waals surface area contributed by atoms with Crippen LogP contribution in [0.4, 0.5) is 0 Å². The van der Waals surface area contributed by atoms with Gasteiger partial charge in [0.2, 0.25) is 43.7 Å². The maximum atomic E-state index is 14.9.